The van der Waals surface area contributed by atoms with E-state index in [4.69, 9.17) is 4.74 Å². The van der Waals surface area contributed by atoms with Crippen LogP contribution in [0.4, 0.5) is 13.8 Å². The van der Waals surface area contributed by atoms with Crippen molar-refractivity contribution in [3.8, 4) is 11.1 Å². The molecule has 3 aromatic heterocycles. The molecule has 0 fully saturated rings. The van der Waals surface area contributed by atoms with E-state index in [1.54, 1.807) is 24.4 Å². The molecule has 4 aromatic rings. The Morgan fingerprint density at radius 3 is 2.57 bits per heavy atom. The van der Waals surface area contributed by atoms with Gasteiger partial charge in [0.15, 0.2) is 0 Å². The molecule has 1 aromatic carbocycles. The van der Waals surface area contributed by atoms with Crippen molar-refractivity contribution in [2.45, 2.75) is 6.92 Å². The number of fused-ring (bicyclic) bond motifs is 1. The predicted octanol–water partition coefficient (Wildman–Crippen LogP) is 4.77. The molecule has 0 unspecified atom stereocenters. The lowest BCUT2D eigenvalue weighted by atomic mass is 10.0. The number of hydrogen-bond acceptors (Lipinski definition) is 5. The summed E-state index contributed by atoms with van der Waals surface area (Å²) in [6.45, 7) is 1.83. The summed E-state index contributed by atoms with van der Waals surface area (Å²) in [5, 5.41) is 4.65. The van der Waals surface area contributed by atoms with Gasteiger partial charge >= 0.3 is 5.97 Å². The summed E-state index contributed by atoms with van der Waals surface area (Å²) < 4.78 is 33.2. The number of imidazole rings is 1. The summed E-state index contributed by atoms with van der Waals surface area (Å²) in [5.41, 5.74) is 1.78. The number of nitrogens with one attached hydrogen (secondary N) is 1. The second-order valence-electron chi connectivity index (χ2n) is 6.27. The van der Waals surface area contributed by atoms with Crippen LogP contribution in [0, 0.1) is 11.6 Å². The van der Waals surface area contributed by atoms with Gasteiger partial charge < -0.3 is 14.5 Å². The number of amides is 1. The van der Waals surface area contributed by atoms with Crippen molar-refractivity contribution in [2.24, 2.45) is 0 Å². The van der Waals surface area contributed by atoms with E-state index in [-0.39, 0.29) is 22.9 Å². The van der Waals surface area contributed by atoms with Gasteiger partial charge in [-0.1, -0.05) is 12.1 Å². The van der Waals surface area contributed by atoms with E-state index in [1.165, 1.54) is 41.1 Å². The van der Waals surface area contributed by atoms with E-state index < -0.39 is 23.5 Å². The zero-order valence-electron chi connectivity index (χ0n) is 15.7. The Balaban J connectivity index is 1.69. The molecule has 0 radical (unpaired) electrons. The highest BCUT2D eigenvalue weighted by molar-refractivity contribution is 7.15. The molecule has 0 aliphatic heterocycles. The Morgan fingerprint density at radius 1 is 1.10 bits per heavy atom. The minimum absolute atomic E-state index is 0.0622. The zero-order valence-corrected chi connectivity index (χ0v) is 16.5. The van der Waals surface area contributed by atoms with E-state index in [9.17, 15) is 18.4 Å². The molecule has 9 heteroatoms. The van der Waals surface area contributed by atoms with E-state index in [0.29, 0.717) is 16.8 Å². The van der Waals surface area contributed by atoms with Crippen LogP contribution < -0.4 is 5.32 Å². The molecule has 0 saturated heterocycles. The summed E-state index contributed by atoms with van der Waals surface area (Å²) >= 11 is 1.14. The Morgan fingerprint density at radius 2 is 1.83 bits per heavy atom. The second kappa shape index (κ2) is 8.03. The SMILES string of the molecule is CCOC(=O)c1c(-c2ccc(F)cc2)csc1NC(=O)c1cn2cc(F)ccc2n1. The number of aromatic nitrogens is 2. The Hall–Kier alpha value is -3.59. The first-order valence-electron chi connectivity index (χ1n) is 8.96. The van der Waals surface area contributed by atoms with Crippen molar-refractivity contribution < 1.29 is 23.1 Å². The lowest BCUT2D eigenvalue weighted by Gasteiger charge is -2.08. The number of pyridine rings is 1. The molecule has 4 rings (SSSR count). The van der Waals surface area contributed by atoms with Gasteiger partial charge in [0.2, 0.25) is 0 Å². The van der Waals surface area contributed by atoms with Crippen LogP contribution in [0.5, 0.6) is 0 Å². The highest BCUT2D eigenvalue weighted by Gasteiger charge is 2.24. The molecule has 0 aliphatic rings. The molecular formula is C21H15F2N3O3S. The van der Waals surface area contributed by atoms with Crippen LogP contribution in [0.2, 0.25) is 0 Å². The molecule has 0 bridgehead atoms. The quantitative estimate of drug-likeness (QED) is 0.466. The molecule has 30 heavy (non-hydrogen) atoms. The number of esters is 1. The maximum Gasteiger partial charge on any atom is 0.341 e. The maximum absolute atomic E-state index is 13.4. The summed E-state index contributed by atoms with van der Waals surface area (Å²) in [7, 11) is 0. The number of rotatable bonds is 5. The molecule has 0 aliphatic carbocycles. The first-order valence-corrected chi connectivity index (χ1v) is 9.84. The molecule has 152 valence electrons. The highest BCUT2D eigenvalue weighted by atomic mass is 32.1. The molecule has 6 nitrogen and oxygen atoms in total. The topological polar surface area (TPSA) is 72.7 Å². The molecule has 1 N–H and O–H groups in total. The number of thiophene rings is 1. The lowest BCUT2D eigenvalue weighted by Crippen LogP contribution is -2.15. The first-order chi connectivity index (χ1) is 14.5. The van der Waals surface area contributed by atoms with E-state index >= 15 is 0 Å². The van der Waals surface area contributed by atoms with Gasteiger partial charge in [-0.2, -0.15) is 0 Å². The van der Waals surface area contributed by atoms with Gasteiger partial charge in [0, 0.05) is 23.3 Å². The van der Waals surface area contributed by atoms with Crippen molar-refractivity contribution >= 4 is 33.9 Å². The highest BCUT2D eigenvalue weighted by Crippen LogP contribution is 2.36. The number of nitrogens with zero attached hydrogens (tertiary/aromatic N) is 2. The van der Waals surface area contributed by atoms with E-state index in [1.807, 2.05) is 0 Å². The van der Waals surface area contributed by atoms with Gasteiger partial charge in [-0.3, -0.25) is 4.79 Å². The van der Waals surface area contributed by atoms with Crippen molar-refractivity contribution in [2.75, 3.05) is 11.9 Å². The van der Waals surface area contributed by atoms with Crippen molar-refractivity contribution in [1.29, 1.82) is 0 Å². The molecule has 1 amide bonds. The maximum atomic E-state index is 13.4. The molecule has 3 heterocycles. The number of hydrogen-bond donors (Lipinski definition) is 1. The molecule has 0 saturated carbocycles. The van der Waals surface area contributed by atoms with E-state index in [0.717, 1.165) is 11.3 Å². The van der Waals surface area contributed by atoms with Gasteiger partial charge in [-0.05, 0) is 36.8 Å². The van der Waals surface area contributed by atoms with Gasteiger partial charge in [0.25, 0.3) is 5.91 Å². The van der Waals surface area contributed by atoms with Crippen molar-refractivity contribution in [3.63, 3.8) is 0 Å². The van der Waals surface area contributed by atoms with Crippen LogP contribution in [0.1, 0.15) is 27.8 Å². The summed E-state index contributed by atoms with van der Waals surface area (Å²) in [6.07, 6.45) is 2.60. The zero-order chi connectivity index (χ0) is 21.3. The third-order valence-corrected chi connectivity index (χ3v) is 5.20. The summed E-state index contributed by atoms with van der Waals surface area (Å²) in [4.78, 5) is 29.5. The fourth-order valence-electron chi connectivity index (χ4n) is 2.94. The van der Waals surface area contributed by atoms with E-state index in [2.05, 4.69) is 10.3 Å². The summed E-state index contributed by atoms with van der Waals surface area (Å²) in [5.74, 6) is -2.02. The third kappa shape index (κ3) is 3.79. The number of carbonyl (C=O) groups excluding carboxylic acids is 2. The monoisotopic (exact) mass is 427 g/mol. The minimum Gasteiger partial charge on any atom is -0.462 e. The fraction of sp³-hybridized carbons (Fsp3) is 0.0952. The standard InChI is InChI=1S/C21H15F2N3O3S/c1-2-29-21(28)18-15(12-3-5-13(22)6-4-12)11-30-20(18)25-19(27)16-10-26-9-14(23)7-8-17(26)24-16/h3-11H,2H2,1H3,(H,25,27). The van der Waals surface area contributed by atoms with Crippen molar-refractivity contribution in [1.82, 2.24) is 9.38 Å². The predicted molar refractivity (Wildman–Crippen MR) is 109 cm³/mol. The summed E-state index contributed by atoms with van der Waals surface area (Å²) in [6, 6.07) is 8.36. The number of ether oxygens (including phenoxy) is 1. The van der Waals surface area contributed by atoms with Gasteiger partial charge in [-0.25, -0.2) is 18.6 Å². The third-order valence-electron chi connectivity index (χ3n) is 4.30. The smallest absolute Gasteiger partial charge is 0.341 e. The first kappa shape index (κ1) is 19.7. The van der Waals surface area contributed by atoms with Crippen LogP contribution >= 0.6 is 11.3 Å². The van der Waals surface area contributed by atoms with Crippen LogP contribution in [0.25, 0.3) is 16.8 Å². The van der Waals surface area contributed by atoms with Crippen molar-refractivity contribution in [3.05, 3.63) is 77.1 Å². The largest absolute Gasteiger partial charge is 0.462 e. The Labute approximate surface area is 173 Å². The number of benzene rings is 1. The molecular weight excluding hydrogens is 412 g/mol. The fourth-order valence-corrected chi connectivity index (χ4v) is 3.89. The second-order valence-corrected chi connectivity index (χ2v) is 7.15. The number of anilines is 1. The average molecular weight is 427 g/mol. The van der Waals surface area contributed by atoms with Gasteiger partial charge in [0.1, 0.15) is 33.5 Å². The van der Waals surface area contributed by atoms with Crippen LogP contribution in [-0.4, -0.2) is 27.9 Å². The Bertz CT molecular complexity index is 1250. The average Bonchev–Trinajstić information content (AvgIpc) is 3.32. The molecule has 0 atom stereocenters. The molecule has 0 spiro atoms. The number of halogens is 2. The number of carbonyl (C=O) groups is 2. The Kier molecular flexibility index (Phi) is 5.28. The van der Waals surface area contributed by atoms with Crippen LogP contribution in [0.3, 0.4) is 0 Å². The lowest BCUT2D eigenvalue weighted by molar-refractivity contribution is 0.0529. The van der Waals surface area contributed by atoms with Gasteiger partial charge in [0.05, 0.1) is 6.61 Å². The van der Waals surface area contributed by atoms with Gasteiger partial charge in [-0.15, -0.1) is 11.3 Å². The minimum atomic E-state index is -0.606. The van der Waals surface area contributed by atoms with Crippen LogP contribution in [-0.2, 0) is 4.74 Å². The van der Waals surface area contributed by atoms with Crippen LogP contribution in [0.15, 0.2) is 54.2 Å². The normalized spacial score (nSPS) is 10.9.